The van der Waals surface area contributed by atoms with Gasteiger partial charge in [0.25, 0.3) is 0 Å². The average Bonchev–Trinajstić information content (AvgIpc) is 2.67. The van der Waals surface area contributed by atoms with E-state index in [1.54, 1.807) is 24.0 Å². The standard InChI is InChI=1S/C20H27N3O3S/c1-3-10-20(2,21)19(24)22-11-13-23(14-12-22)27(25,26)18-9-8-16-6-4-5-7-17(16)15-18/h4-9,15H,3,10-14,21H2,1-2H3. The molecule has 0 radical (unpaired) electrons. The van der Waals surface area contributed by atoms with E-state index in [1.165, 1.54) is 4.31 Å². The Hall–Kier alpha value is -1.96. The zero-order chi connectivity index (χ0) is 19.7. The Labute approximate surface area is 161 Å². The molecule has 0 spiro atoms. The molecule has 1 aliphatic heterocycles. The second-order valence-corrected chi connectivity index (χ2v) is 9.31. The first-order valence-electron chi connectivity index (χ1n) is 9.33. The molecule has 7 heteroatoms. The Kier molecular flexibility index (Phi) is 5.55. The third-order valence-electron chi connectivity index (χ3n) is 5.14. The van der Waals surface area contributed by atoms with Crippen molar-refractivity contribution in [1.82, 2.24) is 9.21 Å². The number of nitrogens with two attached hydrogens (primary N) is 1. The quantitative estimate of drug-likeness (QED) is 0.850. The van der Waals surface area contributed by atoms with E-state index < -0.39 is 15.6 Å². The number of carbonyl (C=O) groups excluding carboxylic acids is 1. The molecule has 0 saturated carbocycles. The van der Waals surface area contributed by atoms with Crippen molar-refractivity contribution in [3.8, 4) is 0 Å². The summed E-state index contributed by atoms with van der Waals surface area (Å²) in [6.07, 6.45) is 1.44. The number of fused-ring (bicyclic) bond motifs is 1. The van der Waals surface area contributed by atoms with E-state index in [4.69, 9.17) is 5.73 Å². The Balaban J connectivity index is 1.73. The fraction of sp³-hybridized carbons (Fsp3) is 0.450. The van der Waals surface area contributed by atoms with Crippen molar-refractivity contribution in [3.05, 3.63) is 42.5 Å². The number of nitrogens with zero attached hydrogens (tertiary/aromatic N) is 2. The molecule has 1 heterocycles. The van der Waals surface area contributed by atoms with Gasteiger partial charge >= 0.3 is 0 Å². The number of hydrogen-bond acceptors (Lipinski definition) is 4. The highest BCUT2D eigenvalue weighted by atomic mass is 32.2. The third-order valence-corrected chi connectivity index (χ3v) is 7.04. The summed E-state index contributed by atoms with van der Waals surface area (Å²) in [7, 11) is -3.58. The summed E-state index contributed by atoms with van der Waals surface area (Å²) in [4.78, 5) is 14.6. The first-order chi connectivity index (χ1) is 12.8. The number of benzene rings is 2. The summed E-state index contributed by atoms with van der Waals surface area (Å²) in [5.41, 5.74) is 5.25. The van der Waals surface area contributed by atoms with Gasteiger partial charge in [-0.1, -0.05) is 43.7 Å². The van der Waals surface area contributed by atoms with E-state index in [1.807, 2.05) is 37.3 Å². The molecule has 2 N–H and O–H groups in total. The molecule has 2 aromatic rings. The Morgan fingerprint density at radius 1 is 1.07 bits per heavy atom. The van der Waals surface area contributed by atoms with Crippen molar-refractivity contribution in [1.29, 1.82) is 0 Å². The summed E-state index contributed by atoms with van der Waals surface area (Å²) in [6.45, 7) is 5.03. The van der Waals surface area contributed by atoms with Crippen LogP contribution in [0.3, 0.4) is 0 Å². The van der Waals surface area contributed by atoms with Crippen LogP contribution in [-0.2, 0) is 14.8 Å². The Morgan fingerprint density at radius 3 is 2.33 bits per heavy atom. The zero-order valence-electron chi connectivity index (χ0n) is 15.9. The van der Waals surface area contributed by atoms with Crippen LogP contribution in [0.2, 0.25) is 0 Å². The predicted octanol–water partition coefficient (Wildman–Crippen LogP) is 2.19. The van der Waals surface area contributed by atoms with Crippen molar-refractivity contribution in [2.24, 2.45) is 5.73 Å². The van der Waals surface area contributed by atoms with Crippen molar-refractivity contribution in [2.75, 3.05) is 26.2 Å². The van der Waals surface area contributed by atoms with E-state index in [-0.39, 0.29) is 23.9 Å². The van der Waals surface area contributed by atoms with Crippen LogP contribution in [0.4, 0.5) is 0 Å². The minimum Gasteiger partial charge on any atom is -0.338 e. The molecule has 146 valence electrons. The van der Waals surface area contributed by atoms with E-state index in [0.717, 1.165) is 17.2 Å². The Morgan fingerprint density at radius 2 is 1.70 bits per heavy atom. The molecule has 1 amide bonds. The maximum Gasteiger partial charge on any atom is 0.243 e. The highest BCUT2D eigenvalue weighted by Crippen LogP contribution is 2.23. The van der Waals surface area contributed by atoms with Crippen LogP contribution in [0, 0.1) is 0 Å². The maximum atomic E-state index is 13.0. The van der Waals surface area contributed by atoms with E-state index in [0.29, 0.717) is 19.5 Å². The SMILES string of the molecule is CCCC(C)(N)C(=O)N1CCN(S(=O)(=O)c2ccc3ccccc3c2)CC1. The summed E-state index contributed by atoms with van der Waals surface area (Å²) >= 11 is 0. The van der Waals surface area contributed by atoms with Crippen molar-refractivity contribution >= 4 is 26.7 Å². The van der Waals surface area contributed by atoms with Crippen LogP contribution >= 0.6 is 0 Å². The number of rotatable bonds is 5. The summed E-state index contributed by atoms with van der Waals surface area (Å²) in [5, 5.41) is 1.90. The Bertz CT molecular complexity index is 932. The first kappa shape index (κ1) is 19.8. The third kappa shape index (κ3) is 4.00. The molecule has 27 heavy (non-hydrogen) atoms. The van der Waals surface area contributed by atoms with Gasteiger partial charge in [0.15, 0.2) is 0 Å². The van der Waals surface area contributed by atoms with Crippen molar-refractivity contribution < 1.29 is 13.2 Å². The summed E-state index contributed by atoms with van der Waals surface area (Å²) in [6, 6.07) is 12.9. The summed E-state index contributed by atoms with van der Waals surface area (Å²) < 4.78 is 27.5. The number of sulfonamides is 1. The monoisotopic (exact) mass is 389 g/mol. The molecule has 2 aromatic carbocycles. The lowest BCUT2D eigenvalue weighted by atomic mass is 9.95. The molecule has 1 atom stereocenters. The lowest BCUT2D eigenvalue weighted by Gasteiger charge is -2.38. The van der Waals surface area contributed by atoms with Gasteiger partial charge in [-0.15, -0.1) is 0 Å². The van der Waals surface area contributed by atoms with Gasteiger partial charge in [0, 0.05) is 26.2 Å². The van der Waals surface area contributed by atoms with Gasteiger partial charge in [-0.25, -0.2) is 8.42 Å². The minimum absolute atomic E-state index is 0.105. The average molecular weight is 390 g/mol. The molecule has 1 unspecified atom stereocenters. The van der Waals surface area contributed by atoms with Crippen LogP contribution < -0.4 is 5.73 Å². The van der Waals surface area contributed by atoms with Crippen LogP contribution in [0.25, 0.3) is 10.8 Å². The van der Waals surface area contributed by atoms with E-state index in [2.05, 4.69) is 0 Å². The van der Waals surface area contributed by atoms with Gasteiger partial charge in [-0.2, -0.15) is 4.31 Å². The smallest absolute Gasteiger partial charge is 0.243 e. The van der Waals surface area contributed by atoms with Gasteiger partial charge in [0.2, 0.25) is 15.9 Å². The number of piperazine rings is 1. The largest absolute Gasteiger partial charge is 0.338 e. The second-order valence-electron chi connectivity index (χ2n) is 7.37. The normalized spacial score (nSPS) is 18.4. The van der Waals surface area contributed by atoms with E-state index >= 15 is 0 Å². The molecule has 1 fully saturated rings. The number of carbonyl (C=O) groups is 1. The van der Waals surface area contributed by atoms with Crippen LogP contribution in [0.5, 0.6) is 0 Å². The highest BCUT2D eigenvalue weighted by Gasteiger charge is 2.36. The molecule has 1 saturated heterocycles. The van der Waals surface area contributed by atoms with Crippen LogP contribution in [0.15, 0.2) is 47.4 Å². The van der Waals surface area contributed by atoms with Crippen LogP contribution in [-0.4, -0.2) is 55.2 Å². The van der Waals surface area contributed by atoms with Gasteiger partial charge in [-0.05, 0) is 36.2 Å². The fourth-order valence-corrected chi connectivity index (χ4v) is 5.05. The zero-order valence-corrected chi connectivity index (χ0v) is 16.7. The molecule has 0 aromatic heterocycles. The minimum atomic E-state index is -3.58. The van der Waals surface area contributed by atoms with Gasteiger partial charge < -0.3 is 10.6 Å². The first-order valence-corrected chi connectivity index (χ1v) is 10.8. The maximum absolute atomic E-state index is 13.0. The molecular weight excluding hydrogens is 362 g/mol. The molecule has 1 aliphatic rings. The van der Waals surface area contributed by atoms with Gasteiger partial charge in [0.05, 0.1) is 10.4 Å². The van der Waals surface area contributed by atoms with Gasteiger partial charge in [0.1, 0.15) is 0 Å². The lowest BCUT2D eigenvalue weighted by Crippen LogP contribution is -2.58. The molecule has 6 nitrogen and oxygen atoms in total. The number of amides is 1. The number of hydrogen-bond donors (Lipinski definition) is 1. The highest BCUT2D eigenvalue weighted by molar-refractivity contribution is 7.89. The second kappa shape index (κ2) is 7.58. The predicted molar refractivity (Wildman–Crippen MR) is 107 cm³/mol. The van der Waals surface area contributed by atoms with E-state index in [9.17, 15) is 13.2 Å². The molecule has 0 aliphatic carbocycles. The lowest BCUT2D eigenvalue weighted by molar-refractivity contribution is -0.137. The van der Waals surface area contributed by atoms with Gasteiger partial charge in [-0.3, -0.25) is 4.79 Å². The molecule has 3 rings (SSSR count). The molecule has 0 bridgehead atoms. The van der Waals surface area contributed by atoms with Crippen molar-refractivity contribution in [3.63, 3.8) is 0 Å². The summed E-state index contributed by atoms with van der Waals surface area (Å²) in [5.74, 6) is -0.105. The fourth-order valence-electron chi connectivity index (χ4n) is 3.60. The van der Waals surface area contributed by atoms with Crippen LogP contribution in [0.1, 0.15) is 26.7 Å². The molecular formula is C20H27N3O3S. The topological polar surface area (TPSA) is 83.7 Å². The van der Waals surface area contributed by atoms with Crippen molar-refractivity contribution in [2.45, 2.75) is 37.1 Å².